The van der Waals surface area contributed by atoms with E-state index in [2.05, 4.69) is 15.3 Å². The van der Waals surface area contributed by atoms with E-state index in [-0.39, 0.29) is 5.38 Å². The predicted octanol–water partition coefficient (Wildman–Crippen LogP) is 2.61. The number of nitrogens with zero attached hydrogens (tertiary/aromatic N) is 2. The molecule has 1 N–H and O–H groups in total. The van der Waals surface area contributed by atoms with E-state index in [1.807, 2.05) is 13.0 Å². The van der Waals surface area contributed by atoms with Gasteiger partial charge in [-0.2, -0.15) is 4.98 Å². The molecule has 94 valence electrons. The summed E-state index contributed by atoms with van der Waals surface area (Å²) in [5.41, 5.74) is 0.896. The summed E-state index contributed by atoms with van der Waals surface area (Å²) in [5.74, 6) is 1.73. The molecule has 0 amide bonds. The summed E-state index contributed by atoms with van der Waals surface area (Å²) >= 11 is 6.23. The number of aryl methyl sites for hydroxylation is 1. The highest BCUT2D eigenvalue weighted by molar-refractivity contribution is 6.20. The molecule has 1 aliphatic carbocycles. The Morgan fingerprint density at radius 2 is 2.29 bits per heavy atom. The summed E-state index contributed by atoms with van der Waals surface area (Å²) in [4.78, 5) is 8.57. The topological polar surface area (TPSA) is 47.0 Å². The van der Waals surface area contributed by atoms with Gasteiger partial charge >= 0.3 is 0 Å². The average Bonchev–Trinajstić information content (AvgIpc) is 2.71. The molecule has 1 saturated carbocycles. The van der Waals surface area contributed by atoms with Crippen molar-refractivity contribution in [3.8, 4) is 5.88 Å². The van der Waals surface area contributed by atoms with E-state index in [9.17, 15) is 0 Å². The molecule has 5 heteroatoms. The van der Waals surface area contributed by atoms with Crippen LogP contribution in [-0.2, 0) is 0 Å². The van der Waals surface area contributed by atoms with Crippen LogP contribution in [-0.4, -0.2) is 29.0 Å². The first kappa shape index (κ1) is 12.4. The number of nitrogens with one attached hydrogen (secondary N) is 1. The maximum atomic E-state index is 6.23. The van der Waals surface area contributed by atoms with E-state index >= 15 is 0 Å². The van der Waals surface area contributed by atoms with Crippen LogP contribution in [0, 0.1) is 12.8 Å². The fourth-order valence-corrected chi connectivity index (χ4v) is 2.54. The van der Waals surface area contributed by atoms with Gasteiger partial charge in [-0.15, -0.1) is 11.6 Å². The third kappa shape index (κ3) is 3.22. The summed E-state index contributed by atoms with van der Waals surface area (Å²) in [5, 5.41) is 3.53. The van der Waals surface area contributed by atoms with Gasteiger partial charge in [-0.05, 0) is 25.7 Å². The molecule has 1 aliphatic rings. The van der Waals surface area contributed by atoms with E-state index < -0.39 is 0 Å². The molecule has 0 saturated heterocycles. The molecule has 1 fully saturated rings. The minimum absolute atomic E-state index is 0.286. The van der Waals surface area contributed by atoms with Gasteiger partial charge in [0.1, 0.15) is 0 Å². The highest BCUT2D eigenvalue weighted by Crippen LogP contribution is 2.30. The summed E-state index contributed by atoms with van der Waals surface area (Å²) in [6, 6.07) is 1.81. The number of rotatable bonds is 4. The lowest BCUT2D eigenvalue weighted by Gasteiger charge is -2.14. The molecule has 1 aromatic heterocycles. The number of aromatic nitrogens is 2. The lowest BCUT2D eigenvalue weighted by molar-refractivity contribution is 0.397. The second-order valence-corrected chi connectivity index (χ2v) is 5.02. The quantitative estimate of drug-likeness (QED) is 0.841. The Hall–Kier alpha value is -1.03. The van der Waals surface area contributed by atoms with Crippen molar-refractivity contribution in [3.63, 3.8) is 0 Å². The lowest BCUT2D eigenvalue weighted by Crippen LogP contribution is -2.19. The van der Waals surface area contributed by atoms with Crippen molar-refractivity contribution in [3.05, 3.63) is 11.8 Å². The molecule has 2 atom stereocenters. The zero-order valence-electron chi connectivity index (χ0n) is 10.2. The smallest absolute Gasteiger partial charge is 0.226 e. The Kier molecular flexibility index (Phi) is 4.05. The first-order valence-electron chi connectivity index (χ1n) is 5.96. The SMILES string of the molecule is COc1cc(C)nc(NCC2CCCC2Cl)n1. The summed E-state index contributed by atoms with van der Waals surface area (Å²) < 4.78 is 5.11. The highest BCUT2D eigenvalue weighted by atomic mass is 35.5. The van der Waals surface area contributed by atoms with E-state index in [4.69, 9.17) is 16.3 Å². The maximum Gasteiger partial charge on any atom is 0.226 e. The second kappa shape index (κ2) is 5.54. The van der Waals surface area contributed by atoms with Crippen LogP contribution in [0.25, 0.3) is 0 Å². The summed E-state index contributed by atoms with van der Waals surface area (Å²) in [6.45, 7) is 2.76. The standard InChI is InChI=1S/C12H18ClN3O/c1-8-6-11(17-2)16-12(15-8)14-7-9-4-3-5-10(9)13/h6,9-10H,3-5,7H2,1-2H3,(H,14,15,16). The molecule has 4 nitrogen and oxygen atoms in total. The molecule has 0 bridgehead atoms. The Balaban J connectivity index is 1.96. The normalized spacial score (nSPS) is 23.7. The zero-order valence-corrected chi connectivity index (χ0v) is 11.0. The predicted molar refractivity (Wildman–Crippen MR) is 68.8 cm³/mol. The van der Waals surface area contributed by atoms with Gasteiger partial charge in [0.2, 0.25) is 11.8 Å². The summed E-state index contributed by atoms with van der Waals surface area (Å²) in [7, 11) is 1.61. The third-order valence-corrected chi connectivity index (χ3v) is 3.70. The van der Waals surface area contributed by atoms with Crippen LogP contribution in [0.1, 0.15) is 25.0 Å². The van der Waals surface area contributed by atoms with Gasteiger partial charge in [-0.1, -0.05) is 6.42 Å². The van der Waals surface area contributed by atoms with Crippen molar-refractivity contribution in [2.45, 2.75) is 31.6 Å². The van der Waals surface area contributed by atoms with Gasteiger partial charge in [0.25, 0.3) is 0 Å². The van der Waals surface area contributed by atoms with Crippen LogP contribution in [0.15, 0.2) is 6.07 Å². The van der Waals surface area contributed by atoms with Crippen molar-refractivity contribution in [2.75, 3.05) is 19.0 Å². The van der Waals surface area contributed by atoms with Gasteiger partial charge in [0, 0.05) is 23.7 Å². The zero-order chi connectivity index (χ0) is 12.3. The molecule has 0 aromatic carbocycles. The number of hydrogen-bond acceptors (Lipinski definition) is 4. The second-order valence-electron chi connectivity index (χ2n) is 4.46. The number of methoxy groups -OCH3 is 1. The fraction of sp³-hybridized carbons (Fsp3) is 0.667. The number of ether oxygens (including phenoxy) is 1. The first-order chi connectivity index (χ1) is 8.19. The van der Waals surface area contributed by atoms with E-state index in [0.29, 0.717) is 17.7 Å². The van der Waals surface area contributed by atoms with Gasteiger partial charge in [0.05, 0.1) is 7.11 Å². The van der Waals surface area contributed by atoms with Gasteiger partial charge in [-0.3, -0.25) is 0 Å². The van der Waals surface area contributed by atoms with Crippen LogP contribution in [0.3, 0.4) is 0 Å². The van der Waals surface area contributed by atoms with Crippen molar-refractivity contribution in [1.82, 2.24) is 9.97 Å². The number of hydrogen-bond donors (Lipinski definition) is 1. The number of alkyl halides is 1. The number of halogens is 1. The van der Waals surface area contributed by atoms with Crippen LogP contribution in [0.5, 0.6) is 5.88 Å². The van der Waals surface area contributed by atoms with Crippen LogP contribution >= 0.6 is 11.6 Å². The largest absolute Gasteiger partial charge is 0.481 e. The van der Waals surface area contributed by atoms with Crippen LogP contribution in [0.4, 0.5) is 5.95 Å². The van der Waals surface area contributed by atoms with E-state index in [1.165, 1.54) is 12.8 Å². The molecule has 0 radical (unpaired) electrons. The van der Waals surface area contributed by atoms with Crippen LogP contribution < -0.4 is 10.1 Å². The Morgan fingerprint density at radius 3 is 2.94 bits per heavy atom. The third-order valence-electron chi connectivity index (χ3n) is 3.13. The Morgan fingerprint density at radius 1 is 1.47 bits per heavy atom. The molecule has 0 aliphatic heterocycles. The number of anilines is 1. The monoisotopic (exact) mass is 255 g/mol. The van der Waals surface area contributed by atoms with Crippen molar-refractivity contribution >= 4 is 17.5 Å². The van der Waals surface area contributed by atoms with E-state index in [1.54, 1.807) is 7.11 Å². The Bertz CT molecular complexity index is 386. The average molecular weight is 256 g/mol. The van der Waals surface area contributed by atoms with Gasteiger partial charge in [-0.25, -0.2) is 4.98 Å². The molecule has 17 heavy (non-hydrogen) atoms. The molecule has 1 heterocycles. The maximum absolute atomic E-state index is 6.23. The van der Waals surface area contributed by atoms with E-state index in [0.717, 1.165) is 18.7 Å². The molecule has 2 unspecified atom stereocenters. The highest BCUT2D eigenvalue weighted by Gasteiger charge is 2.25. The van der Waals surface area contributed by atoms with Crippen molar-refractivity contribution < 1.29 is 4.74 Å². The minimum atomic E-state index is 0.286. The molecule has 2 rings (SSSR count). The molecular weight excluding hydrogens is 238 g/mol. The molecular formula is C12H18ClN3O. The van der Waals surface area contributed by atoms with Gasteiger partial charge < -0.3 is 10.1 Å². The Labute approximate surface area is 107 Å². The van der Waals surface area contributed by atoms with Crippen LogP contribution in [0.2, 0.25) is 0 Å². The summed E-state index contributed by atoms with van der Waals surface area (Å²) in [6.07, 6.45) is 3.52. The fourth-order valence-electron chi connectivity index (χ4n) is 2.17. The first-order valence-corrected chi connectivity index (χ1v) is 6.40. The van der Waals surface area contributed by atoms with Crippen molar-refractivity contribution in [1.29, 1.82) is 0 Å². The minimum Gasteiger partial charge on any atom is -0.481 e. The molecule has 1 aromatic rings. The molecule has 0 spiro atoms. The lowest BCUT2D eigenvalue weighted by atomic mass is 10.1. The van der Waals surface area contributed by atoms with Crippen molar-refractivity contribution in [2.24, 2.45) is 5.92 Å². The van der Waals surface area contributed by atoms with Gasteiger partial charge in [0.15, 0.2) is 0 Å².